The number of fused-ring (bicyclic) bond motifs is 1. The molecule has 3 aromatic rings. The van der Waals surface area contributed by atoms with Gasteiger partial charge >= 0.3 is 0 Å². The van der Waals surface area contributed by atoms with Gasteiger partial charge in [-0.25, -0.2) is 0 Å². The number of aromatic amines is 1. The van der Waals surface area contributed by atoms with Gasteiger partial charge in [-0.1, -0.05) is 37.0 Å². The number of benzene rings is 2. The van der Waals surface area contributed by atoms with Crippen LogP contribution < -0.4 is 9.46 Å². The number of nitrogens with one attached hydrogen (secondary N) is 2. The highest BCUT2D eigenvalue weighted by molar-refractivity contribution is 8.00. The zero-order valence-corrected chi connectivity index (χ0v) is 17.8. The fourth-order valence-electron chi connectivity index (χ4n) is 2.77. The molecule has 1 aromatic heterocycles. The Balaban J connectivity index is 1.78. The smallest absolute Gasteiger partial charge is 0.122 e. The van der Waals surface area contributed by atoms with E-state index in [2.05, 4.69) is 29.6 Å². The standard InChI is InChI=1S/C20H22Cl2N2O2S/c1-12(2)14-10-13(4-7-18(14)26-9-8-25-3)27-24-17-6-5-15(21)19-16(22)11-23-20(17)19/h4-7,10-12,23-24H,8-9H2,1-3H3. The summed E-state index contributed by atoms with van der Waals surface area (Å²) in [6.07, 6.45) is 1.75. The molecule has 0 spiro atoms. The number of hydrogen-bond donors (Lipinski definition) is 2. The van der Waals surface area contributed by atoms with Gasteiger partial charge in [0.05, 0.1) is 27.9 Å². The molecule has 0 aliphatic heterocycles. The summed E-state index contributed by atoms with van der Waals surface area (Å²) in [7, 11) is 1.67. The van der Waals surface area contributed by atoms with Gasteiger partial charge in [-0.05, 0) is 53.8 Å². The van der Waals surface area contributed by atoms with Crippen LogP contribution in [-0.4, -0.2) is 25.3 Å². The van der Waals surface area contributed by atoms with Gasteiger partial charge < -0.3 is 19.2 Å². The van der Waals surface area contributed by atoms with Gasteiger partial charge in [-0.15, -0.1) is 0 Å². The highest BCUT2D eigenvalue weighted by Gasteiger charge is 2.12. The van der Waals surface area contributed by atoms with Crippen LogP contribution in [0.3, 0.4) is 0 Å². The molecule has 3 rings (SSSR count). The van der Waals surface area contributed by atoms with Crippen molar-refractivity contribution < 1.29 is 9.47 Å². The lowest BCUT2D eigenvalue weighted by Gasteiger charge is -2.16. The van der Waals surface area contributed by atoms with E-state index in [9.17, 15) is 0 Å². The maximum absolute atomic E-state index is 6.26. The second-order valence-corrected chi connectivity index (χ2v) is 8.08. The van der Waals surface area contributed by atoms with Crippen LogP contribution in [0.2, 0.25) is 10.0 Å². The average molecular weight is 425 g/mol. The Morgan fingerprint density at radius 3 is 2.67 bits per heavy atom. The molecule has 0 aliphatic carbocycles. The molecule has 0 aliphatic rings. The van der Waals surface area contributed by atoms with Crippen LogP contribution in [0.5, 0.6) is 5.75 Å². The van der Waals surface area contributed by atoms with Crippen molar-refractivity contribution >= 4 is 51.7 Å². The summed E-state index contributed by atoms with van der Waals surface area (Å²) in [5.41, 5.74) is 2.99. The molecular formula is C20H22Cl2N2O2S. The third-order valence-corrected chi connectivity index (χ3v) is 5.59. The van der Waals surface area contributed by atoms with Crippen molar-refractivity contribution in [2.45, 2.75) is 24.7 Å². The van der Waals surface area contributed by atoms with E-state index >= 15 is 0 Å². The van der Waals surface area contributed by atoms with Gasteiger partial charge in [-0.3, -0.25) is 0 Å². The van der Waals surface area contributed by atoms with Crippen molar-refractivity contribution in [1.29, 1.82) is 0 Å². The van der Waals surface area contributed by atoms with Crippen LogP contribution in [-0.2, 0) is 4.74 Å². The molecule has 0 bridgehead atoms. The van der Waals surface area contributed by atoms with Crippen molar-refractivity contribution in [2.75, 3.05) is 25.0 Å². The minimum Gasteiger partial charge on any atom is -0.491 e. The normalized spacial score (nSPS) is 11.3. The summed E-state index contributed by atoms with van der Waals surface area (Å²) in [5, 5.41) is 2.07. The molecule has 2 N–H and O–H groups in total. The van der Waals surface area contributed by atoms with Crippen LogP contribution in [0, 0.1) is 0 Å². The van der Waals surface area contributed by atoms with Crippen molar-refractivity contribution in [1.82, 2.24) is 4.98 Å². The summed E-state index contributed by atoms with van der Waals surface area (Å²) in [5.74, 6) is 1.25. The molecule has 0 saturated carbocycles. The number of hydrogen-bond acceptors (Lipinski definition) is 4. The molecule has 0 fully saturated rings. The van der Waals surface area contributed by atoms with E-state index in [1.807, 2.05) is 24.3 Å². The van der Waals surface area contributed by atoms with Crippen molar-refractivity contribution in [2.24, 2.45) is 0 Å². The maximum Gasteiger partial charge on any atom is 0.122 e. The molecular weight excluding hydrogens is 403 g/mol. The van der Waals surface area contributed by atoms with Crippen LogP contribution in [0.1, 0.15) is 25.3 Å². The van der Waals surface area contributed by atoms with E-state index in [1.165, 1.54) is 17.5 Å². The fraction of sp³-hybridized carbons (Fsp3) is 0.300. The first-order valence-electron chi connectivity index (χ1n) is 8.65. The van der Waals surface area contributed by atoms with Gasteiger partial charge in [0, 0.05) is 23.6 Å². The van der Waals surface area contributed by atoms with Gasteiger partial charge in [0.2, 0.25) is 0 Å². The molecule has 1 heterocycles. The quantitative estimate of drug-likeness (QED) is 0.310. The molecule has 7 heteroatoms. The molecule has 27 heavy (non-hydrogen) atoms. The van der Waals surface area contributed by atoms with E-state index in [1.54, 1.807) is 13.3 Å². The lowest BCUT2D eigenvalue weighted by molar-refractivity contribution is 0.145. The lowest BCUT2D eigenvalue weighted by Crippen LogP contribution is -2.06. The number of halogens is 2. The Kier molecular flexibility index (Phi) is 6.82. The highest BCUT2D eigenvalue weighted by Crippen LogP contribution is 2.37. The number of aromatic nitrogens is 1. The monoisotopic (exact) mass is 424 g/mol. The van der Waals surface area contributed by atoms with Crippen molar-refractivity contribution in [3.63, 3.8) is 0 Å². The number of anilines is 1. The Hall–Kier alpha value is -1.53. The summed E-state index contributed by atoms with van der Waals surface area (Å²) in [6, 6.07) is 9.99. The van der Waals surface area contributed by atoms with Crippen molar-refractivity contribution in [3.8, 4) is 5.75 Å². The van der Waals surface area contributed by atoms with Gasteiger partial charge in [0.15, 0.2) is 0 Å². The van der Waals surface area contributed by atoms with Crippen molar-refractivity contribution in [3.05, 3.63) is 52.1 Å². The predicted octanol–water partition coefficient (Wildman–Crippen LogP) is 6.74. The Bertz CT molecular complexity index is 928. The third-order valence-electron chi connectivity index (χ3n) is 4.16. The van der Waals surface area contributed by atoms with Crippen LogP contribution >= 0.6 is 35.1 Å². The SMILES string of the molecule is COCCOc1ccc(SNc2ccc(Cl)c3c(Cl)c[nH]c23)cc1C(C)C. The van der Waals surface area contributed by atoms with Gasteiger partial charge in [0.25, 0.3) is 0 Å². The second-order valence-electron chi connectivity index (χ2n) is 6.38. The molecule has 0 unspecified atom stereocenters. The predicted molar refractivity (Wildman–Crippen MR) is 116 cm³/mol. The first-order chi connectivity index (χ1) is 13.0. The van der Waals surface area contributed by atoms with Crippen LogP contribution in [0.25, 0.3) is 10.9 Å². The average Bonchev–Trinajstić information content (AvgIpc) is 3.05. The number of H-pyrrole nitrogens is 1. The largest absolute Gasteiger partial charge is 0.491 e. The van der Waals surface area contributed by atoms with Crippen LogP contribution in [0.15, 0.2) is 41.4 Å². The van der Waals surface area contributed by atoms with E-state index < -0.39 is 0 Å². The molecule has 4 nitrogen and oxygen atoms in total. The third kappa shape index (κ3) is 4.66. The summed E-state index contributed by atoms with van der Waals surface area (Å²) < 4.78 is 14.3. The van der Waals surface area contributed by atoms with E-state index in [-0.39, 0.29) is 0 Å². The first kappa shape index (κ1) is 20.2. The Morgan fingerprint density at radius 1 is 1.11 bits per heavy atom. The number of ether oxygens (including phenoxy) is 2. The number of methoxy groups -OCH3 is 1. The Labute approximate surface area is 173 Å². The molecule has 0 radical (unpaired) electrons. The second kappa shape index (κ2) is 9.11. The van der Waals surface area contributed by atoms with Gasteiger partial charge in [-0.2, -0.15) is 0 Å². The van der Waals surface area contributed by atoms with E-state index in [0.717, 1.165) is 27.2 Å². The zero-order valence-electron chi connectivity index (χ0n) is 15.4. The zero-order chi connectivity index (χ0) is 19.4. The van der Waals surface area contributed by atoms with E-state index in [4.69, 9.17) is 32.7 Å². The first-order valence-corrected chi connectivity index (χ1v) is 10.2. The Morgan fingerprint density at radius 2 is 1.93 bits per heavy atom. The number of rotatable bonds is 8. The molecule has 144 valence electrons. The minimum atomic E-state index is 0.354. The summed E-state index contributed by atoms with van der Waals surface area (Å²) in [4.78, 5) is 4.27. The minimum absolute atomic E-state index is 0.354. The lowest BCUT2D eigenvalue weighted by atomic mass is 10.0. The van der Waals surface area contributed by atoms with Crippen LogP contribution in [0.4, 0.5) is 5.69 Å². The molecule has 2 aromatic carbocycles. The summed E-state index contributed by atoms with van der Waals surface area (Å²) in [6.45, 7) is 5.42. The highest BCUT2D eigenvalue weighted by atomic mass is 35.5. The molecule has 0 amide bonds. The fourth-order valence-corrected chi connectivity index (χ4v) is 4.05. The molecule has 0 atom stereocenters. The topological polar surface area (TPSA) is 46.3 Å². The van der Waals surface area contributed by atoms with Gasteiger partial charge in [0.1, 0.15) is 12.4 Å². The summed E-state index contributed by atoms with van der Waals surface area (Å²) >= 11 is 14.0. The molecule has 0 saturated heterocycles. The van der Waals surface area contributed by atoms with E-state index in [0.29, 0.717) is 29.2 Å². The maximum atomic E-state index is 6.26.